The maximum absolute atomic E-state index is 2.25. The Kier molecular flexibility index (Phi) is 3.85. The molecule has 110 valence electrons. The molecule has 22 heavy (non-hydrogen) atoms. The van der Waals surface area contributed by atoms with Crippen LogP contribution in [-0.4, -0.2) is 0 Å². The molecule has 0 atom stereocenters. The first-order chi connectivity index (χ1) is 10.5. The van der Waals surface area contributed by atoms with E-state index in [4.69, 9.17) is 0 Å². The predicted molar refractivity (Wildman–Crippen MR) is 96.3 cm³/mol. The molecule has 0 bridgehead atoms. The van der Waals surface area contributed by atoms with Crippen molar-refractivity contribution in [1.29, 1.82) is 0 Å². The van der Waals surface area contributed by atoms with Crippen molar-refractivity contribution in [2.75, 3.05) is 0 Å². The van der Waals surface area contributed by atoms with Gasteiger partial charge in [0, 0.05) is 0 Å². The summed E-state index contributed by atoms with van der Waals surface area (Å²) in [5, 5.41) is 0. The number of hydrogen-bond donors (Lipinski definition) is 0. The summed E-state index contributed by atoms with van der Waals surface area (Å²) in [5.74, 6) is 0. The van der Waals surface area contributed by atoms with E-state index in [1.54, 1.807) is 0 Å². The highest BCUT2D eigenvalue weighted by Crippen LogP contribution is 2.27. The molecule has 0 heterocycles. The molecule has 0 radical (unpaired) electrons. The average molecular weight is 286 g/mol. The highest BCUT2D eigenvalue weighted by Gasteiger charge is 2.03. The second-order valence-corrected chi connectivity index (χ2v) is 6.33. The first kappa shape index (κ1) is 14.6. The Labute approximate surface area is 133 Å². The SMILES string of the molecule is Cc1cc(C)cc(-c2ccc(-c3cc(C)cc(C)c3)cc2)c1. The summed E-state index contributed by atoms with van der Waals surface area (Å²) in [6, 6.07) is 22.3. The van der Waals surface area contributed by atoms with Gasteiger partial charge in [0.05, 0.1) is 0 Å². The maximum atomic E-state index is 2.25. The second-order valence-electron chi connectivity index (χ2n) is 6.33. The van der Waals surface area contributed by atoms with Gasteiger partial charge in [-0.15, -0.1) is 0 Å². The maximum Gasteiger partial charge on any atom is -0.0179 e. The summed E-state index contributed by atoms with van der Waals surface area (Å²) in [5.41, 5.74) is 10.4. The lowest BCUT2D eigenvalue weighted by molar-refractivity contribution is 1.38. The lowest BCUT2D eigenvalue weighted by atomic mass is 9.96. The molecule has 0 aliphatic heterocycles. The minimum Gasteiger partial charge on any atom is -0.0563 e. The molecular weight excluding hydrogens is 264 g/mol. The molecule has 0 aliphatic carbocycles. The van der Waals surface area contributed by atoms with E-state index >= 15 is 0 Å². The largest absolute Gasteiger partial charge is 0.0563 e. The molecule has 0 aromatic heterocycles. The van der Waals surface area contributed by atoms with Gasteiger partial charge in [0.25, 0.3) is 0 Å². The van der Waals surface area contributed by atoms with Crippen LogP contribution in [0.5, 0.6) is 0 Å². The molecular formula is C22H22. The minimum absolute atomic E-state index is 1.28. The second kappa shape index (κ2) is 5.81. The molecule has 3 aromatic carbocycles. The molecule has 0 aliphatic rings. The molecule has 3 aromatic rings. The van der Waals surface area contributed by atoms with Gasteiger partial charge < -0.3 is 0 Å². The molecule has 0 heteroatoms. The van der Waals surface area contributed by atoms with Gasteiger partial charge in [-0.25, -0.2) is 0 Å². The number of aryl methyl sites for hydroxylation is 4. The van der Waals surface area contributed by atoms with Crippen molar-refractivity contribution in [2.45, 2.75) is 27.7 Å². The smallest absolute Gasteiger partial charge is 0.0179 e. The molecule has 0 saturated heterocycles. The van der Waals surface area contributed by atoms with Crippen LogP contribution < -0.4 is 0 Å². The highest BCUT2D eigenvalue weighted by atomic mass is 14.1. The Morgan fingerprint density at radius 2 is 0.636 bits per heavy atom. The van der Waals surface area contributed by atoms with Crippen LogP contribution >= 0.6 is 0 Å². The van der Waals surface area contributed by atoms with Gasteiger partial charge in [0.15, 0.2) is 0 Å². The van der Waals surface area contributed by atoms with E-state index in [2.05, 4.69) is 88.4 Å². The van der Waals surface area contributed by atoms with E-state index in [1.165, 1.54) is 44.5 Å². The van der Waals surface area contributed by atoms with Crippen LogP contribution in [0.25, 0.3) is 22.3 Å². The van der Waals surface area contributed by atoms with Crippen LogP contribution in [0.1, 0.15) is 22.3 Å². The van der Waals surface area contributed by atoms with E-state index in [0.717, 1.165) is 0 Å². The van der Waals surface area contributed by atoms with Crippen LogP contribution in [-0.2, 0) is 0 Å². The standard InChI is InChI=1S/C22H22/c1-15-9-16(2)12-21(11-15)19-5-7-20(8-6-19)22-13-17(3)10-18(4)14-22/h5-14H,1-4H3. The van der Waals surface area contributed by atoms with Crippen molar-refractivity contribution in [3.8, 4) is 22.3 Å². The van der Waals surface area contributed by atoms with E-state index in [0.29, 0.717) is 0 Å². The van der Waals surface area contributed by atoms with Crippen molar-refractivity contribution in [3.05, 3.63) is 82.9 Å². The van der Waals surface area contributed by atoms with Crippen molar-refractivity contribution >= 4 is 0 Å². The van der Waals surface area contributed by atoms with Crippen LogP contribution in [0.3, 0.4) is 0 Å². The zero-order valence-corrected chi connectivity index (χ0v) is 13.8. The van der Waals surface area contributed by atoms with E-state index in [9.17, 15) is 0 Å². The van der Waals surface area contributed by atoms with E-state index in [-0.39, 0.29) is 0 Å². The highest BCUT2D eigenvalue weighted by molar-refractivity contribution is 5.71. The van der Waals surface area contributed by atoms with Crippen molar-refractivity contribution in [1.82, 2.24) is 0 Å². The Morgan fingerprint density at radius 3 is 0.909 bits per heavy atom. The Morgan fingerprint density at radius 1 is 0.364 bits per heavy atom. The van der Waals surface area contributed by atoms with Gasteiger partial charge in [-0.3, -0.25) is 0 Å². The fraction of sp³-hybridized carbons (Fsp3) is 0.182. The fourth-order valence-corrected chi connectivity index (χ4v) is 3.14. The third-order valence-corrected chi connectivity index (χ3v) is 3.99. The zero-order chi connectivity index (χ0) is 15.7. The van der Waals surface area contributed by atoms with Crippen molar-refractivity contribution < 1.29 is 0 Å². The summed E-state index contributed by atoms with van der Waals surface area (Å²) < 4.78 is 0. The molecule has 0 N–H and O–H groups in total. The van der Waals surface area contributed by atoms with E-state index < -0.39 is 0 Å². The summed E-state index contributed by atoms with van der Waals surface area (Å²) in [6.07, 6.45) is 0. The Hall–Kier alpha value is -2.34. The quantitative estimate of drug-likeness (QED) is 0.522. The van der Waals surface area contributed by atoms with Crippen LogP contribution in [0.4, 0.5) is 0 Å². The normalized spacial score (nSPS) is 10.7. The zero-order valence-electron chi connectivity index (χ0n) is 13.8. The molecule has 3 rings (SSSR count). The summed E-state index contributed by atoms with van der Waals surface area (Å²) in [7, 11) is 0. The summed E-state index contributed by atoms with van der Waals surface area (Å²) >= 11 is 0. The van der Waals surface area contributed by atoms with Crippen molar-refractivity contribution in [3.63, 3.8) is 0 Å². The van der Waals surface area contributed by atoms with Crippen LogP contribution in [0.15, 0.2) is 60.7 Å². The monoisotopic (exact) mass is 286 g/mol. The van der Waals surface area contributed by atoms with Crippen LogP contribution in [0, 0.1) is 27.7 Å². The summed E-state index contributed by atoms with van der Waals surface area (Å²) in [4.78, 5) is 0. The molecule has 0 nitrogen and oxygen atoms in total. The first-order valence-corrected chi connectivity index (χ1v) is 7.79. The third kappa shape index (κ3) is 3.12. The van der Waals surface area contributed by atoms with Crippen LogP contribution in [0.2, 0.25) is 0 Å². The number of rotatable bonds is 2. The number of hydrogen-bond acceptors (Lipinski definition) is 0. The van der Waals surface area contributed by atoms with Gasteiger partial charge in [-0.2, -0.15) is 0 Å². The van der Waals surface area contributed by atoms with Crippen molar-refractivity contribution in [2.24, 2.45) is 0 Å². The molecule has 0 spiro atoms. The summed E-state index contributed by atoms with van der Waals surface area (Å²) in [6.45, 7) is 8.61. The van der Waals surface area contributed by atoms with Gasteiger partial charge >= 0.3 is 0 Å². The Bertz CT molecular complexity index is 697. The molecule has 0 fully saturated rings. The molecule has 0 saturated carbocycles. The van der Waals surface area contributed by atoms with Gasteiger partial charge in [0.1, 0.15) is 0 Å². The lowest BCUT2D eigenvalue weighted by Crippen LogP contribution is -1.85. The van der Waals surface area contributed by atoms with E-state index in [1.807, 2.05) is 0 Å². The van der Waals surface area contributed by atoms with Gasteiger partial charge in [-0.1, -0.05) is 82.9 Å². The minimum atomic E-state index is 1.28. The van der Waals surface area contributed by atoms with Gasteiger partial charge in [-0.05, 0) is 49.9 Å². The first-order valence-electron chi connectivity index (χ1n) is 7.79. The topological polar surface area (TPSA) is 0 Å². The third-order valence-electron chi connectivity index (χ3n) is 3.99. The van der Waals surface area contributed by atoms with Gasteiger partial charge in [0.2, 0.25) is 0 Å². The number of benzene rings is 3. The molecule has 0 unspecified atom stereocenters. The predicted octanol–water partition coefficient (Wildman–Crippen LogP) is 6.25. The molecule has 0 amide bonds. The average Bonchev–Trinajstić information content (AvgIpc) is 2.45. The lowest BCUT2D eigenvalue weighted by Gasteiger charge is -2.08. The fourth-order valence-electron chi connectivity index (χ4n) is 3.14. The Balaban J connectivity index is 1.98.